The van der Waals surface area contributed by atoms with E-state index < -0.39 is 0 Å². The van der Waals surface area contributed by atoms with Crippen molar-refractivity contribution < 1.29 is 19.1 Å². The van der Waals surface area contributed by atoms with E-state index in [1.54, 1.807) is 14.2 Å². The molecular formula is C25H34N2O4. The molecule has 0 heterocycles. The number of unbranched alkanes of at least 4 members (excludes halogenated alkanes) is 1. The SMILES string of the molecule is COc1ccc(CCNC(=O)CCCCC(=O)NCCc2ccccc2)c(C)c1OC. The number of methoxy groups -OCH3 is 2. The number of nitrogens with one attached hydrogen (secondary N) is 2. The Hall–Kier alpha value is -3.02. The van der Waals surface area contributed by atoms with Crippen LogP contribution >= 0.6 is 0 Å². The maximum atomic E-state index is 12.1. The Kier molecular flexibility index (Phi) is 10.4. The molecule has 0 radical (unpaired) electrons. The fraction of sp³-hybridized carbons (Fsp3) is 0.440. The molecule has 0 bridgehead atoms. The van der Waals surface area contributed by atoms with E-state index in [-0.39, 0.29) is 11.8 Å². The lowest BCUT2D eigenvalue weighted by Gasteiger charge is -2.14. The summed E-state index contributed by atoms with van der Waals surface area (Å²) in [5.41, 5.74) is 3.35. The van der Waals surface area contributed by atoms with Crippen LogP contribution in [0.15, 0.2) is 42.5 Å². The van der Waals surface area contributed by atoms with Crippen molar-refractivity contribution in [2.75, 3.05) is 27.3 Å². The van der Waals surface area contributed by atoms with Gasteiger partial charge in [-0.25, -0.2) is 0 Å². The Labute approximate surface area is 185 Å². The third-order valence-corrected chi connectivity index (χ3v) is 5.26. The molecule has 0 aromatic heterocycles. The highest BCUT2D eigenvalue weighted by Gasteiger charge is 2.11. The van der Waals surface area contributed by atoms with Crippen LogP contribution in [0.25, 0.3) is 0 Å². The van der Waals surface area contributed by atoms with Gasteiger partial charge >= 0.3 is 0 Å². The lowest BCUT2D eigenvalue weighted by molar-refractivity contribution is -0.123. The summed E-state index contributed by atoms with van der Waals surface area (Å²) in [7, 11) is 3.24. The van der Waals surface area contributed by atoms with E-state index in [1.165, 1.54) is 5.56 Å². The van der Waals surface area contributed by atoms with E-state index in [1.807, 2.05) is 37.3 Å². The fourth-order valence-corrected chi connectivity index (χ4v) is 3.47. The first-order valence-electron chi connectivity index (χ1n) is 10.8. The quantitative estimate of drug-likeness (QED) is 0.480. The number of hydrogen-bond donors (Lipinski definition) is 2. The minimum absolute atomic E-state index is 0.0163. The van der Waals surface area contributed by atoms with Gasteiger partial charge in [0.2, 0.25) is 11.8 Å². The van der Waals surface area contributed by atoms with Gasteiger partial charge in [-0.2, -0.15) is 0 Å². The lowest BCUT2D eigenvalue weighted by Crippen LogP contribution is -2.26. The molecule has 168 valence electrons. The van der Waals surface area contributed by atoms with Crippen LogP contribution in [-0.2, 0) is 22.4 Å². The van der Waals surface area contributed by atoms with Crippen LogP contribution in [0.3, 0.4) is 0 Å². The predicted molar refractivity (Wildman–Crippen MR) is 123 cm³/mol. The van der Waals surface area contributed by atoms with E-state index in [9.17, 15) is 9.59 Å². The van der Waals surface area contributed by atoms with Crippen LogP contribution < -0.4 is 20.1 Å². The summed E-state index contributed by atoms with van der Waals surface area (Å²) >= 11 is 0. The molecule has 6 heteroatoms. The van der Waals surface area contributed by atoms with Gasteiger partial charge in [0, 0.05) is 25.9 Å². The summed E-state index contributed by atoms with van der Waals surface area (Å²) in [6, 6.07) is 14.0. The van der Waals surface area contributed by atoms with Crippen LogP contribution in [0.1, 0.15) is 42.4 Å². The average Bonchev–Trinajstić information content (AvgIpc) is 2.78. The van der Waals surface area contributed by atoms with Gasteiger partial charge in [0.25, 0.3) is 0 Å². The summed E-state index contributed by atoms with van der Waals surface area (Å²) in [5.74, 6) is 1.49. The molecule has 0 spiro atoms. The first kappa shape index (κ1) is 24.3. The summed E-state index contributed by atoms with van der Waals surface area (Å²) in [6.07, 6.45) is 3.85. The predicted octanol–water partition coefficient (Wildman–Crippen LogP) is 3.59. The zero-order valence-corrected chi connectivity index (χ0v) is 18.8. The zero-order chi connectivity index (χ0) is 22.5. The minimum Gasteiger partial charge on any atom is -0.493 e. The molecular weight excluding hydrogens is 392 g/mol. The summed E-state index contributed by atoms with van der Waals surface area (Å²) in [6.45, 7) is 3.19. The average molecular weight is 427 g/mol. The summed E-state index contributed by atoms with van der Waals surface area (Å²) in [5, 5.41) is 5.89. The molecule has 2 rings (SSSR count). The Morgan fingerprint density at radius 2 is 1.42 bits per heavy atom. The van der Waals surface area contributed by atoms with Crippen molar-refractivity contribution in [3.05, 3.63) is 59.2 Å². The normalized spacial score (nSPS) is 10.4. The summed E-state index contributed by atoms with van der Waals surface area (Å²) in [4.78, 5) is 24.0. The maximum Gasteiger partial charge on any atom is 0.220 e. The van der Waals surface area contributed by atoms with E-state index in [4.69, 9.17) is 9.47 Å². The molecule has 0 aliphatic heterocycles. The molecule has 2 N–H and O–H groups in total. The van der Waals surface area contributed by atoms with Gasteiger partial charge in [-0.3, -0.25) is 9.59 Å². The molecule has 2 aromatic carbocycles. The second kappa shape index (κ2) is 13.3. The Morgan fingerprint density at radius 1 is 0.806 bits per heavy atom. The Bertz CT molecular complexity index is 837. The van der Waals surface area contributed by atoms with Crippen LogP contribution in [0.2, 0.25) is 0 Å². The van der Waals surface area contributed by atoms with Gasteiger partial charge in [0.15, 0.2) is 11.5 Å². The highest BCUT2D eigenvalue weighted by atomic mass is 16.5. The summed E-state index contributed by atoms with van der Waals surface area (Å²) < 4.78 is 10.7. The van der Waals surface area contributed by atoms with E-state index >= 15 is 0 Å². The van der Waals surface area contributed by atoms with Gasteiger partial charge in [-0.1, -0.05) is 36.4 Å². The zero-order valence-electron chi connectivity index (χ0n) is 18.8. The smallest absolute Gasteiger partial charge is 0.220 e. The minimum atomic E-state index is 0.0163. The Morgan fingerprint density at radius 3 is 2.00 bits per heavy atom. The van der Waals surface area contributed by atoms with Gasteiger partial charge in [-0.05, 0) is 55.4 Å². The van der Waals surface area contributed by atoms with E-state index in [2.05, 4.69) is 22.8 Å². The van der Waals surface area contributed by atoms with Crippen molar-refractivity contribution in [2.24, 2.45) is 0 Å². The molecule has 0 aliphatic carbocycles. The van der Waals surface area contributed by atoms with Crippen molar-refractivity contribution in [1.82, 2.24) is 10.6 Å². The topological polar surface area (TPSA) is 76.7 Å². The standard InChI is InChI=1S/C25H34N2O4/c1-19-21(13-14-22(30-2)25(19)31-3)16-18-27-24(29)12-8-7-11-23(28)26-17-15-20-9-5-4-6-10-20/h4-6,9-10,13-14H,7-8,11-12,15-18H2,1-3H3,(H,26,28)(H,27,29). The Balaban J connectivity index is 1.57. The fourth-order valence-electron chi connectivity index (χ4n) is 3.47. The third kappa shape index (κ3) is 8.32. The van der Waals surface area contributed by atoms with Gasteiger partial charge in [0.1, 0.15) is 0 Å². The molecule has 0 saturated heterocycles. The van der Waals surface area contributed by atoms with Crippen molar-refractivity contribution in [2.45, 2.75) is 45.4 Å². The monoisotopic (exact) mass is 426 g/mol. The second-order valence-electron chi connectivity index (χ2n) is 7.48. The molecule has 6 nitrogen and oxygen atoms in total. The van der Waals surface area contributed by atoms with Crippen molar-refractivity contribution in [3.8, 4) is 11.5 Å². The van der Waals surface area contributed by atoms with Crippen molar-refractivity contribution >= 4 is 11.8 Å². The number of amides is 2. The number of benzene rings is 2. The largest absolute Gasteiger partial charge is 0.493 e. The lowest BCUT2D eigenvalue weighted by atomic mass is 10.0. The molecule has 0 fully saturated rings. The molecule has 0 atom stereocenters. The number of ether oxygens (including phenoxy) is 2. The van der Waals surface area contributed by atoms with Crippen molar-refractivity contribution in [3.63, 3.8) is 0 Å². The number of rotatable bonds is 13. The first-order chi connectivity index (χ1) is 15.0. The molecule has 0 unspecified atom stereocenters. The van der Waals surface area contributed by atoms with Crippen molar-refractivity contribution in [1.29, 1.82) is 0 Å². The van der Waals surface area contributed by atoms with Crippen LogP contribution in [0.5, 0.6) is 11.5 Å². The van der Waals surface area contributed by atoms with E-state index in [0.29, 0.717) is 44.5 Å². The molecule has 31 heavy (non-hydrogen) atoms. The first-order valence-corrected chi connectivity index (χ1v) is 10.8. The highest BCUT2D eigenvalue weighted by Crippen LogP contribution is 2.32. The number of hydrogen-bond acceptors (Lipinski definition) is 4. The van der Waals surface area contributed by atoms with Gasteiger partial charge in [0.05, 0.1) is 14.2 Å². The van der Waals surface area contributed by atoms with Crippen LogP contribution in [0.4, 0.5) is 0 Å². The second-order valence-corrected chi connectivity index (χ2v) is 7.48. The molecule has 0 aliphatic rings. The van der Waals surface area contributed by atoms with Crippen LogP contribution in [0, 0.1) is 6.92 Å². The van der Waals surface area contributed by atoms with Crippen LogP contribution in [-0.4, -0.2) is 39.1 Å². The number of carbonyl (C=O) groups excluding carboxylic acids is 2. The molecule has 2 aromatic rings. The highest BCUT2D eigenvalue weighted by molar-refractivity contribution is 5.77. The molecule has 2 amide bonds. The number of carbonyl (C=O) groups is 2. The maximum absolute atomic E-state index is 12.1. The molecule has 0 saturated carbocycles. The van der Waals surface area contributed by atoms with Gasteiger partial charge < -0.3 is 20.1 Å². The van der Waals surface area contributed by atoms with Gasteiger partial charge in [-0.15, -0.1) is 0 Å². The third-order valence-electron chi connectivity index (χ3n) is 5.26. The van der Waals surface area contributed by atoms with E-state index in [0.717, 1.165) is 29.7 Å².